The van der Waals surface area contributed by atoms with Crippen LogP contribution in [0, 0.1) is 44.8 Å². The molecule has 5 rings (SSSR count). The Morgan fingerprint density at radius 1 is 0.909 bits per heavy atom. The molecule has 0 saturated heterocycles. The molecule has 0 aromatic heterocycles. The molecule has 5 heteroatoms. The molecule has 0 spiro atoms. The fourth-order valence-electron chi connectivity index (χ4n) is 10.5. The Bertz CT molecular complexity index is 880. The lowest BCUT2D eigenvalue weighted by Crippen LogP contribution is -2.67. The van der Waals surface area contributed by atoms with Crippen LogP contribution in [0.4, 0.5) is 0 Å². The van der Waals surface area contributed by atoms with E-state index in [2.05, 4.69) is 40.7 Å². The van der Waals surface area contributed by atoms with Crippen LogP contribution < -0.4 is 0 Å². The molecule has 0 amide bonds. The van der Waals surface area contributed by atoms with Crippen molar-refractivity contribution in [2.75, 3.05) is 0 Å². The number of allylic oxidation sites excluding steroid dienone is 1. The van der Waals surface area contributed by atoms with E-state index in [-0.39, 0.29) is 27.6 Å². The van der Waals surface area contributed by atoms with E-state index < -0.39 is 29.7 Å². The Morgan fingerprint density at radius 3 is 2.27 bits per heavy atom. The summed E-state index contributed by atoms with van der Waals surface area (Å²) in [6.45, 7) is 11.4. The topological polar surface area (TPSA) is 98.0 Å². The monoisotopic (exact) mass is 460 g/mol. The quantitative estimate of drug-likeness (QED) is 0.431. The van der Waals surface area contributed by atoms with Crippen molar-refractivity contribution in [3.63, 3.8) is 0 Å². The first-order valence-corrected chi connectivity index (χ1v) is 13.2. The summed E-state index contributed by atoms with van der Waals surface area (Å²) in [6, 6.07) is 0. The molecule has 5 nitrogen and oxygen atoms in total. The normalized spacial score (nSPS) is 55.3. The Morgan fingerprint density at radius 2 is 1.61 bits per heavy atom. The van der Waals surface area contributed by atoms with Crippen molar-refractivity contribution in [2.24, 2.45) is 44.8 Å². The van der Waals surface area contributed by atoms with Crippen LogP contribution in [0.25, 0.3) is 0 Å². The molecule has 0 aromatic carbocycles. The van der Waals surface area contributed by atoms with Crippen LogP contribution in [0.15, 0.2) is 11.6 Å². The molecule has 4 N–H and O–H groups in total. The summed E-state index contributed by atoms with van der Waals surface area (Å²) in [6.07, 6.45) is 7.47. The second-order valence-electron chi connectivity index (χ2n) is 13.7. The Kier molecular flexibility index (Phi) is 5.10. The molecule has 10 unspecified atom stereocenters. The van der Waals surface area contributed by atoms with E-state index in [1.165, 1.54) is 5.57 Å². The third-order valence-corrected chi connectivity index (χ3v) is 12.4. The van der Waals surface area contributed by atoms with Gasteiger partial charge in [0.1, 0.15) is 0 Å². The van der Waals surface area contributed by atoms with Crippen molar-refractivity contribution in [1.29, 1.82) is 0 Å². The van der Waals surface area contributed by atoms with Crippen LogP contribution in [-0.2, 0) is 4.79 Å². The lowest BCUT2D eigenvalue weighted by molar-refractivity contribution is -0.232. The van der Waals surface area contributed by atoms with Gasteiger partial charge in [0.15, 0.2) is 0 Å². The maximum absolute atomic E-state index is 12.6. The van der Waals surface area contributed by atoms with Crippen molar-refractivity contribution < 1.29 is 25.2 Å². The highest BCUT2D eigenvalue weighted by Crippen LogP contribution is 2.75. The molecule has 0 aromatic rings. The van der Waals surface area contributed by atoms with Crippen LogP contribution in [0.5, 0.6) is 0 Å². The van der Waals surface area contributed by atoms with Gasteiger partial charge in [-0.2, -0.15) is 0 Å². The minimum atomic E-state index is -0.833. The Hall–Kier alpha value is -0.910. The zero-order valence-electron chi connectivity index (χ0n) is 21.1. The van der Waals surface area contributed by atoms with Gasteiger partial charge in [0, 0.05) is 5.92 Å². The molecule has 4 fully saturated rings. The van der Waals surface area contributed by atoms with Gasteiger partial charge >= 0.3 is 5.97 Å². The van der Waals surface area contributed by atoms with Gasteiger partial charge in [0.05, 0.1) is 23.7 Å². The summed E-state index contributed by atoms with van der Waals surface area (Å²) in [7, 11) is 0. The molecule has 33 heavy (non-hydrogen) atoms. The first-order valence-electron chi connectivity index (χ1n) is 13.2. The highest BCUT2D eigenvalue weighted by Gasteiger charge is 2.70. The van der Waals surface area contributed by atoms with Crippen molar-refractivity contribution in [3.05, 3.63) is 11.6 Å². The van der Waals surface area contributed by atoms with E-state index in [0.717, 1.165) is 32.1 Å². The zero-order valence-corrected chi connectivity index (χ0v) is 21.1. The van der Waals surface area contributed by atoms with Crippen molar-refractivity contribution in [3.8, 4) is 0 Å². The molecule has 0 bridgehead atoms. The number of aliphatic hydroxyl groups excluding tert-OH is 3. The van der Waals surface area contributed by atoms with Crippen molar-refractivity contribution >= 4 is 5.97 Å². The predicted molar refractivity (Wildman–Crippen MR) is 126 cm³/mol. The average molecular weight is 461 g/mol. The van der Waals surface area contributed by atoms with Crippen LogP contribution in [-0.4, -0.2) is 44.7 Å². The first kappa shape index (κ1) is 23.8. The highest BCUT2D eigenvalue weighted by atomic mass is 16.4. The second kappa shape index (κ2) is 7.07. The summed E-state index contributed by atoms with van der Waals surface area (Å²) in [5.41, 5.74) is -0.241. The average Bonchev–Trinajstić information content (AvgIpc) is 2.72. The molecular formula is C28H44O5. The van der Waals surface area contributed by atoms with Gasteiger partial charge in [-0.25, -0.2) is 0 Å². The molecule has 0 aliphatic heterocycles. The number of hydrogen-bond donors (Lipinski definition) is 4. The van der Waals surface area contributed by atoms with Gasteiger partial charge in [-0.1, -0.05) is 46.3 Å². The van der Waals surface area contributed by atoms with Crippen molar-refractivity contribution in [2.45, 2.75) is 111 Å². The molecule has 0 heterocycles. The number of aliphatic hydroxyl groups is 3. The number of aliphatic carboxylic acids is 1. The molecule has 4 saturated carbocycles. The zero-order chi connectivity index (χ0) is 24.2. The molecule has 0 radical (unpaired) electrons. The standard InChI is InChI=1S/C28H44O5/c1-24(2)19-10-12-27(5)20(25(19,3)15-18(30)22(24)31)9-8-16-21-17(29)7-6-11-28(21,23(32)33)14-13-26(16,27)4/h8,17-22,29-31H,6-7,9-15H2,1-5H3,(H,32,33). The van der Waals surface area contributed by atoms with Gasteiger partial charge in [-0.3, -0.25) is 4.79 Å². The second-order valence-corrected chi connectivity index (χ2v) is 13.7. The minimum Gasteiger partial charge on any atom is -0.481 e. The van der Waals surface area contributed by atoms with E-state index in [9.17, 15) is 25.2 Å². The molecule has 10 atom stereocenters. The lowest BCUT2D eigenvalue weighted by atomic mass is 9.33. The van der Waals surface area contributed by atoms with Gasteiger partial charge in [-0.05, 0) is 91.3 Å². The number of rotatable bonds is 1. The third kappa shape index (κ3) is 2.73. The summed E-state index contributed by atoms with van der Waals surface area (Å²) >= 11 is 0. The van der Waals surface area contributed by atoms with Crippen LogP contribution in [0.1, 0.15) is 92.4 Å². The minimum absolute atomic E-state index is 0.0255. The maximum atomic E-state index is 12.6. The van der Waals surface area contributed by atoms with Gasteiger partial charge < -0.3 is 20.4 Å². The van der Waals surface area contributed by atoms with Crippen molar-refractivity contribution in [1.82, 2.24) is 0 Å². The molecule has 186 valence electrons. The van der Waals surface area contributed by atoms with Gasteiger partial charge in [-0.15, -0.1) is 0 Å². The molecule has 5 aliphatic rings. The number of fused-ring (bicyclic) bond motifs is 7. The van der Waals surface area contributed by atoms with E-state index in [1.54, 1.807) is 0 Å². The number of carboxylic acids is 1. The summed E-state index contributed by atoms with van der Waals surface area (Å²) in [4.78, 5) is 12.6. The number of hydrogen-bond acceptors (Lipinski definition) is 4. The first-order chi connectivity index (χ1) is 15.3. The smallest absolute Gasteiger partial charge is 0.310 e. The highest BCUT2D eigenvalue weighted by molar-refractivity contribution is 5.76. The van der Waals surface area contributed by atoms with E-state index in [1.807, 2.05) is 0 Å². The lowest BCUT2D eigenvalue weighted by Gasteiger charge is -2.71. The largest absolute Gasteiger partial charge is 0.481 e. The number of carbonyl (C=O) groups is 1. The van der Waals surface area contributed by atoms with Crippen LogP contribution in [0.3, 0.4) is 0 Å². The van der Waals surface area contributed by atoms with E-state index >= 15 is 0 Å². The fourth-order valence-corrected chi connectivity index (χ4v) is 10.5. The fraction of sp³-hybridized carbons (Fsp3) is 0.893. The number of carboxylic acid groups (broad SMARTS) is 1. The Labute approximate surface area is 198 Å². The van der Waals surface area contributed by atoms with E-state index in [4.69, 9.17) is 0 Å². The molecule has 5 aliphatic carbocycles. The Balaban J connectivity index is 1.61. The molecular weight excluding hydrogens is 416 g/mol. The summed E-state index contributed by atoms with van der Waals surface area (Å²) in [5, 5.41) is 43.2. The van der Waals surface area contributed by atoms with Crippen LogP contribution >= 0.6 is 0 Å². The third-order valence-electron chi connectivity index (χ3n) is 12.4. The SMILES string of the molecule is CC1(C)C(O)C(O)CC2(C)C1CCC1(C)C2CC=C2C3C(O)CCCC3(C(=O)O)CCC21C. The van der Waals surface area contributed by atoms with Gasteiger partial charge in [0.2, 0.25) is 0 Å². The maximum Gasteiger partial charge on any atom is 0.310 e. The summed E-state index contributed by atoms with van der Waals surface area (Å²) in [5.74, 6) is -0.330. The predicted octanol–water partition coefficient (Wildman–Crippen LogP) is 4.54. The van der Waals surface area contributed by atoms with E-state index in [0.29, 0.717) is 37.5 Å². The van der Waals surface area contributed by atoms with Crippen LogP contribution in [0.2, 0.25) is 0 Å². The summed E-state index contributed by atoms with van der Waals surface area (Å²) < 4.78 is 0. The van der Waals surface area contributed by atoms with Gasteiger partial charge in [0.25, 0.3) is 0 Å².